The Morgan fingerprint density at radius 3 is 2.73 bits per heavy atom. The average Bonchev–Trinajstić information content (AvgIpc) is 3.13. The van der Waals surface area contributed by atoms with Crippen LogP contribution in [-0.2, 0) is 0 Å². The highest BCUT2D eigenvalue weighted by Gasteiger charge is 2.14. The molecule has 3 heterocycles. The number of nitrogens with one attached hydrogen (secondary N) is 1. The maximum Gasteiger partial charge on any atom is 0.255 e. The molecule has 0 radical (unpaired) electrons. The molecule has 0 bridgehead atoms. The second kappa shape index (κ2) is 8.20. The highest BCUT2D eigenvalue weighted by molar-refractivity contribution is 5.99. The van der Waals surface area contributed by atoms with E-state index < -0.39 is 0 Å². The predicted octanol–water partition coefficient (Wildman–Crippen LogP) is 2.88. The lowest BCUT2D eigenvalue weighted by molar-refractivity contribution is 0.0953. The third kappa shape index (κ3) is 4.07. The molecule has 4 aromatic rings. The first-order valence-electron chi connectivity index (χ1n) is 9.72. The van der Waals surface area contributed by atoms with Crippen molar-refractivity contribution in [3.63, 3.8) is 0 Å². The van der Waals surface area contributed by atoms with Crippen LogP contribution in [0.4, 0.5) is 11.8 Å². The molecular formula is C22H23N7O. The van der Waals surface area contributed by atoms with Gasteiger partial charge in [0.25, 0.3) is 5.91 Å². The molecule has 152 valence electrons. The smallest absolute Gasteiger partial charge is 0.255 e. The zero-order valence-electron chi connectivity index (χ0n) is 16.6. The van der Waals surface area contributed by atoms with Crippen molar-refractivity contribution in [3.8, 4) is 11.1 Å². The number of rotatable bonds is 6. The number of carbonyl (C=O) groups is 1. The van der Waals surface area contributed by atoms with Gasteiger partial charge in [-0.2, -0.15) is 4.98 Å². The van der Waals surface area contributed by atoms with Crippen molar-refractivity contribution >= 4 is 23.3 Å². The van der Waals surface area contributed by atoms with E-state index in [9.17, 15) is 4.79 Å². The van der Waals surface area contributed by atoms with Crippen LogP contribution in [0.2, 0.25) is 0 Å². The van der Waals surface area contributed by atoms with Crippen LogP contribution < -0.4 is 16.8 Å². The topological polar surface area (TPSA) is 124 Å². The Hall–Kier alpha value is -3.94. The lowest BCUT2D eigenvalue weighted by Gasteiger charge is -2.13. The fraction of sp³-hybridized carbons (Fsp3) is 0.182. The molecule has 1 unspecified atom stereocenters. The Morgan fingerprint density at radius 1 is 1.13 bits per heavy atom. The lowest BCUT2D eigenvalue weighted by Crippen LogP contribution is -2.26. The maximum atomic E-state index is 12.7. The Bertz CT molecular complexity index is 1190. The van der Waals surface area contributed by atoms with Gasteiger partial charge in [-0.1, -0.05) is 37.3 Å². The Kier molecular flexibility index (Phi) is 5.30. The maximum absolute atomic E-state index is 12.7. The fourth-order valence-corrected chi connectivity index (χ4v) is 3.34. The van der Waals surface area contributed by atoms with Gasteiger partial charge in [-0.25, -0.2) is 9.50 Å². The van der Waals surface area contributed by atoms with E-state index >= 15 is 0 Å². The zero-order valence-corrected chi connectivity index (χ0v) is 16.6. The first kappa shape index (κ1) is 19.4. The lowest BCUT2D eigenvalue weighted by atomic mass is 9.98. The molecule has 8 heteroatoms. The molecule has 0 spiro atoms. The minimum atomic E-state index is -0.241. The third-order valence-corrected chi connectivity index (χ3v) is 5.08. The van der Waals surface area contributed by atoms with Gasteiger partial charge in [0.05, 0.1) is 5.56 Å². The highest BCUT2D eigenvalue weighted by Crippen LogP contribution is 2.23. The Morgan fingerprint density at radius 2 is 1.93 bits per heavy atom. The van der Waals surface area contributed by atoms with Gasteiger partial charge in [0.15, 0.2) is 5.65 Å². The number of nitrogens with zero attached hydrogens (tertiary/aromatic N) is 4. The summed E-state index contributed by atoms with van der Waals surface area (Å²) in [7, 11) is 0. The minimum absolute atomic E-state index is 0.195. The van der Waals surface area contributed by atoms with Gasteiger partial charge in [-0.05, 0) is 41.7 Å². The first-order chi connectivity index (χ1) is 14.5. The van der Waals surface area contributed by atoms with Gasteiger partial charge < -0.3 is 16.8 Å². The summed E-state index contributed by atoms with van der Waals surface area (Å²) < 4.78 is 1.59. The Labute approximate surface area is 174 Å². The van der Waals surface area contributed by atoms with E-state index in [4.69, 9.17) is 11.5 Å². The van der Waals surface area contributed by atoms with E-state index in [1.54, 1.807) is 23.0 Å². The number of nitrogen functional groups attached to an aromatic ring is 2. The van der Waals surface area contributed by atoms with E-state index in [1.807, 2.05) is 30.3 Å². The molecule has 8 nitrogen and oxygen atoms in total. The number of fused-ring (bicyclic) bond motifs is 1. The molecule has 3 aromatic heterocycles. The molecule has 0 aliphatic rings. The van der Waals surface area contributed by atoms with Crippen LogP contribution in [0, 0.1) is 0 Å². The number of hydrogen-bond donors (Lipinski definition) is 3. The molecule has 30 heavy (non-hydrogen) atoms. The van der Waals surface area contributed by atoms with E-state index in [-0.39, 0.29) is 17.7 Å². The standard InChI is InChI=1S/C22H23N7O/c1-14(15-5-3-2-4-6-15)7-9-25-21(30)18-11-17(13-26-20(18)23)16-8-10-29-19(12-16)27-22(24)28-29/h2-6,8,10-14H,7,9H2,1H3,(H2,23,26)(H2,24,28)(H,25,30). The van der Waals surface area contributed by atoms with Gasteiger partial charge in [-0.3, -0.25) is 4.79 Å². The predicted molar refractivity (Wildman–Crippen MR) is 117 cm³/mol. The van der Waals surface area contributed by atoms with Crippen molar-refractivity contribution < 1.29 is 4.79 Å². The molecule has 5 N–H and O–H groups in total. The average molecular weight is 401 g/mol. The van der Waals surface area contributed by atoms with Gasteiger partial charge in [0.1, 0.15) is 5.82 Å². The van der Waals surface area contributed by atoms with Gasteiger partial charge in [0.2, 0.25) is 5.95 Å². The second-order valence-electron chi connectivity index (χ2n) is 7.20. The van der Waals surface area contributed by atoms with Crippen LogP contribution in [0.5, 0.6) is 0 Å². The highest BCUT2D eigenvalue weighted by atomic mass is 16.1. The molecule has 0 aliphatic heterocycles. The van der Waals surface area contributed by atoms with Crippen LogP contribution in [0.25, 0.3) is 16.8 Å². The van der Waals surface area contributed by atoms with Gasteiger partial charge in [0, 0.05) is 24.5 Å². The summed E-state index contributed by atoms with van der Waals surface area (Å²) in [6, 6.07) is 15.7. The number of carbonyl (C=O) groups excluding carboxylic acids is 1. The van der Waals surface area contributed by atoms with E-state index in [1.165, 1.54) is 5.56 Å². The number of nitrogens with two attached hydrogens (primary N) is 2. The molecule has 0 saturated carbocycles. The number of aromatic nitrogens is 4. The second-order valence-corrected chi connectivity index (χ2v) is 7.20. The van der Waals surface area contributed by atoms with Crippen LogP contribution in [0.3, 0.4) is 0 Å². The fourth-order valence-electron chi connectivity index (χ4n) is 3.34. The summed E-state index contributed by atoms with van der Waals surface area (Å²) in [6.45, 7) is 2.69. The van der Waals surface area contributed by atoms with Crippen molar-refractivity contribution in [2.45, 2.75) is 19.3 Å². The van der Waals surface area contributed by atoms with Crippen molar-refractivity contribution in [1.29, 1.82) is 0 Å². The molecule has 1 atom stereocenters. The van der Waals surface area contributed by atoms with Crippen LogP contribution in [0.15, 0.2) is 60.9 Å². The number of amides is 1. The molecule has 1 aromatic carbocycles. The SMILES string of the molecule is CC(CCNC(=O)c1cc(-c2ccn3nc(N)nc3c2)cnc1N)c1ccccc1. The van der Waals surface area contributed by atoms with Crippen LogP contribution in [0.1, 0.15) is 35.2 Å². The first-order valence-corrected chi connectivity index (χ1v) is 9.72. The summed E-state index contributed by atoms with van der Waals surface area (Å²) in [6.07, 6.45) is 4.22. The quantitative estimate of drug-likeness (QED) is 0.456. The summed E-state index contributed by atoms with van der Waals surface area (Å²) in [5.74, 6) is 0.498. The molecule has 0 saturated heterocycles. The summed E-state index contributed by atoms with van der Waals surface area (Å²) >= 11 is 0. The zero-order chi connectivity index (χ0) is 21.1. The van der Waals surface area contributed by atoms with Crippen LogP contribution in [-0.4, -0.2) is 32.0 Å². The molecule has 0 aliphatic carbocycles. The van der Waals surface area contributed by atoms with E-state index in [2.05, 4.69) is 39.4 Å². The third-order valence-electron chi connectivity index (χ3n) is 5.08. The summed E-state index contributed by atoms with van der Waals surface area (Å²) in [5.41, 5.74) is 15.4. The molecule has 1 amide bonds. The molecule has 4 rings (SSSR count). The van der Waals surface area contributed by atoms with Crippen LogP contribution >= 0.6 is 0 Å². The number of pyridine rings is 2. The molecular weight excluding hydrogens is 378 g/mol. The van der Waals surface area contributed by atoms with E-state index in [0.717, 1.165) is 17.5 Å². The summed E-state index contributed by atoms with van der Waals surface area (Å²) in [5, 5.41) is 7.01. The van der Waals surface area contributed by atoms with Gasteiger partial charge >= 0.3 is 0 Å². The largest absolute Gasteiger partial charge is 0.383 e. The van der Waals surface area contributed by atoms with Crippen molar-refractivity contribution in [1.82, 2.24) is 24.9 Å². The monoisotopic (exact) mass is 401 g/mol. The normalized spacial score (nSPS) is 12.0. The minimum Gasteiger partial charge on any atom is -0.383 e. The number of hydrogen-bond acceptors (Lipinski definition) is 6. The molecule has 0 fully saturated rings. The van der Waals surface area contributed by atoms with Crippen molar-refractivity contribution in [2.75, 3.05) is 18.0 Å². The van der Waals surface area contributed by atoms with Crippen molar-refractivity contribution in [2.24, 2.45) is 0 Å². The number of benzene rings is 1. The Balaban J connectivity index is 1.47. The van der Waals surface area contributed by atoms with Gasteiger partial charge in [-0.15, -0.1) is 5.10 Å². The van der Waals surface area contributed by atoms with Crippen molar-refractivity contribution in [3.05, 3.63) is 72.1 Å². The van der Waals surface area contributed by atoms with E-state index in [0.29, 0.717) is 23.7 Å². The summed E-state index contributed by atoms with van der Waals surface area (Å²) in [4.78, 5) is 21.1. The number of anilines is 2.